The van der Waals surface area contributed by atoms with Gasteiger partial charge in [0.2, 0.25) is 0 Å². The van der Waals surface area contributed by atoms with Gasteiger partial charge in [-0.15, -0.1) is 0 Å². The monoisotopic (exact) mass is 363 g/mol. The van der Waals surface area contributed by atoms with Crippen LogP contribution >= 0.6 is 0 Å². The molecule has 0 aromatic heterocycles. The lowest BCUT2D eigenvalue weighted by atomic mass is 10.2. The lowest BCUT2D eigenvalue weighted by Crippen LogP contribution is -2.43. The fraction of sp³-hybridized carbons (Fsp3) is 0.526. The molecule has 0 saturated heterocycles. The van der Waals surface area contributed by atoms with Gasteiger partial charge in [0, 0.05) is 0 Å². The van der Waals surface area contributed by atoms with Gasteiger partial charge in [-0.25, -0.2) is 19.5 Å². The number of rotatable bonds is 3. The van der Waals surface area contributed by atoms with E-state index in [1.54, 1.807) is 72.7 Å². The van der Waals surface area contributed by atoms with Gasteiger partial charge in [0.05, 0.1) is 18.1 Å². The molecule has 0 radical (unpaired) electrons. The van der Waals surface area contributed by atoms with Crippen LogP contribution in [0.15, 0.2) is 29.3 Å². The van der Waals surface area contributed by atoms with Crippen LogP contribution in [0, 0.1) is 0 Å². The summed E-state index contributed by atoms with van der Waals surface area (Å²) in [6.07, 6.45) is -1.54. The number of hydrogen-bond acceptors (Lipinski definition) is 5. The number of nitrogens with zero attached hydrogens (tertiary/aromatic N) is 2. The first kappa shape index (κ1) is 21.5. The molecule has 7 heteroatoms. The summed E-state index contributed by atoms with van der Waals surface area (Å²) in [5.74, 6) is 0.415. The summed E-state index contributed by atoms with van der Waals surface area (Å²) in [6.45, 7) is 12.1. The minimum Gasteiger partial charge on any atom is -0.443 e. The van der Waals surface area contributed by atoms with Gasteiger partial charge in [0.25, 0.3) is 0 Å². The number of nitrogens with two attached hydrogens (primary N) is 1. The maximum atomic E-state index is 12.5. The number of carbonyl (C=O) groups is 2. The highest BCUT2D eigenvalue weighted by atomic mass is 16.6. The van der Waals surface area contributed by atoms with Crippen molar-refractivity contribution in [1.82, 2.24) is 4.90 Å². The van der Waals surface area contributed by atoms with Gasteiger partial charge >= 0.3 is 12.2 Å². The highest BCUT2D eigenvalue weighted by molar-refractivity contribution is 5.88. The second-order valence-electron chi connectivity index (χ2n) is 7.97. The molecule has 1 rings (SSSR count). The molecule has 7 nitrogen and oxygen atoms in total. The Morgan fingerprint density at radius 1 is 1.04 bits per heavy atom. The molecule has 0 aliphatic rings. The molecule has 0 atom stereocenters. The molecule has 0 unspecified atom stereocenters. The second-order valence-corrected chi connectivity index (χ2v) is 7.97. The predicted molar refractivity (Wildman–Crippen MR) is 101 cm³/mol. The van der Waals surface area contributed by atoms with Crippen molar-refractivity contribution in [3.8, 4) is 0 Å². The molecule has 2 amide bonds. The number of carbonyl (C=O) groups excluding carboxylic acids is 2. The average Bonchev–Trinajstić information content (AvgIpc) is 2.40. The van der Waals surface area contributed by atoms with Crippen LogP contribution in [0.3, 0.4) is 0 Å². The van der Waals surface area contributed by atoms with Gasteiger partial charge in [0.1, 0.15) is 11.2 Å². The molecular formula is C19H29N3O4. The second kappa shape index (κ2) is 8.21. The van der Waals surface area contributed by atoms with Crippen LogP contribution < -0.4 is 5.73 Å². The molecule has 0 heterocycles. The van der Waals surface area contributed by atoms with Crippen LogP contribution in [0.2, 0.25) is 0 Å². The zero-order chi connectivity index (χ0) is 20.1. The number of hydrogen-bond donors (Lipinski definition) is 1. The normalized spacial score (nSPS) is 12.5. The van der Waals surface area contributed by atoms with Gasteiger partial charge in [-0.05, 0) is 66.2 Å². The van der Waals surface area contributed by atoms with E-state index in [2.05, 4.69) is 4.99 Å². The lowest BCUT2D eigenvalue weighted by Gasteiger charge is -2.28. The summed E-state index contributed by atoms with van der Waals surface area (Å²) in [4.78, 5) is 30.1. The fourth-order valence-corrected chi connectivity index (χ4v) is 1.95. The summed E-state index contributed by atoms with van der Waals surface area (Å²) >= 11 is 0. The first-order chi connectivity index (χ1) is 11.8. The molecule has 0 aliphatic heterocycles. The summed E-state index contributed by atoms with van der Waals surface area (Å²) in [6, 6.07) is 7.09. The van der Waals surface area contributed by atoms with Crippen LogP contribution in [0.25, 0.3) is 0 Å². The Morgan fingerprint density at radius 3 is 1.96 bits per heavy atom. The molecule has 1 aromatic carbocycles. The molecule has 2 N–H and O–H groups in total. The molecule has 0 fully saturated rings. The summed E-state index contributed by atoms with van der Waals surface area (Å²) < 4.78 is 10.7. The number of ether oxygens (including phenoxy) is 2. The molecule has 0 aliphatic carbocycles. The zero-order valence-corrected chi connectivity index (χ0v) is 16.6. The topological polar surface area (TPSA) is 94.2 Å². The van der Waals surface area contributed by atoms with Crippen LogP contribution in [0.4, 0.5) is 15.3 Å². The number of benzene rings is 1. The predicted octanol–water partition coefficient (Wildman–Crippen LogP) is 4.37. The molecule has 0 saturated carbocycles. The van der Waals surface area contributed by atoms with Crippen molar-refractivity contribution in [2.75, 3.05) is 0 Å². The minimum atomic E-state index is -0.768. The third kappa shape index (κ3) is 8.00. The number of amidine groups is 1. The van der Waals surface area contributed by atoms with Gasteiger partial charge in [0.15, 0.2) is 0 Å². The zero-order valence-electron chi connectivity index (χ0n) is 16.6. The summed E-state index contributed by atoms with van der Waals surface area (Å²) in [7, 11) is 0. The molecular weight excluding hydrogens is 334 g/mol. The lowest BCUT2D eigenvalue weighted by molar-refractivity contribution is -0.000247. The quantitative estimate of drug-likeness (QED) is 0.636. The first-order valence-corrected chi connectivity index (χ1v) is 8.40. The van der Waals surface area contributed by atoms with Gasteiger partial charge < -0.3 is 15.2 Å². The van der Waals surface area contributed by atoms with Crippen molar-refractivity contribution in [3.05, 3.63) is 29.8 Å². The van der Waals surface area contributed by atoms with E-state index >= 15 is 0 Å². The van der Waals surface area contributed by atoms with E-state index in [1.165, 1.54) is 0 Å². The van der Waals surface area contributed by atoms with Gasteiger partial charge in [-0.2, -0.15) is 0 Å². The minimum absolute atomic E-state index is 0.00317. The van der Waals surface area contributed by atoms with Gasteiger partial charge in [-0.1, -0.05) is 12.1 Å². The van der Waals surface area contributed by atoms with E-state index in [-0.39, 0.29) is 6.54 Å². The molecule has 0 bridgehead atoms. The molecule has 26 heavy (non-hydrogen) atoms. The Kier molecular flexibility index (Phi) is 6.78. The Bertz CT molecular complexity index is 653. The maximum absolute atomic E-state index is 12.5. The molecule has 0 spiro atoms. The van der Waals surface area contributed by atoms with Crippen LogP contribution in [0.5, 0.6) is 0 Å². The highest BCUT2D eigenvalue weighted by Crippen LogP contribution is 2.19. The molecule has 144 valence electrons. The van der Waals surface area contributed by atoms with Crippen molar-refractivity contribution < 1.29 is 19.1 Å². The molecule has 1 aromatic rings. The van der Waals surface area contributed by atoms with E-state index in [0.717, 1.165) is 4.90 Å². The maximum Gasteiger partial charge on any atom is 0.420 e. The Labute approximate surface area is 155 Å². The fourth-order valence-electron chi connectivity index (χ4n) is 1.95. The summed E-state index contributed by atoms with van der Waals surface area (Å²) in [5, 5.41) is 0. The van der Waals surface area contributed by atoms with Crippen LogP contribution in [-0.4, -0.2) is 34.1 Å². The van der Waals surface area contributed by atoms with Crippen LogP contribution in [-0.2, 0) is 16.0 Å². The summed E-state index contributed by atoms with van der Waals surface area (Å²) in [5.41, 5.74) is 5.46. The Hall–Kier alpha value is -2.57. The van der Waals surface area contributed by atoms with Crippen molar-refractivity contribution in [3.63, 3.8) is 0 Å². The highest BCUT2D eigenvalue weighted by Gasteiger charge is 2.31. The van der Waals surface area contributed by atoms with Crippen molar-refractivity contribution in [2.45, 2.75) is 66.2 Å². The first-order valence-electron chi connectivity index (χ1n) is 8.40. The van der Waals surface area contributed by atoms with Crippen molar-refractivity contribution in [1.29, 1.82) is 0 Å². The number of imide groups is 1. The number of amides is 2. The third-order valence-electron chi connectivity index (χ3n) is 2.78. The van der Waals surface area contributed by atoms with E-state index < -0.39 is 23.4 Å². The van der Waals surface area contributed by atoms with E-state index in [0.29, 0.717) is 17.1 Å². The largest absolute Gasteiger partial charge is 0.443 e. The van der Waals surface area contributed by atoms with E-state index in [9.17, 15) is 9.59 Å². The van der Waals surface area contributed by atoms with Gasteiger partial charge in [-0.3, -0.25) is 0 Å². The Morgan fingerprint density at radius 2 is 1.54 bits per heavy atom. The smallest absolute Gasteiger partial charge is 0.420 e. The third-order valence-corrected chi connectivity index (χ3v) is 2.78. The Balaban J connectivity index is 3.11. The average molecular weight is 363 g/mol. The number of aliphatic imine (C=N–C) groups is 1. The van der Waals surface area contributed by atoms with Crippen molar-refractivity contribution in [2.24, 2.45) is 10.7 Å². The van der Waals surface area contributed by atoms with E-state index in [4.69, 9.17) is 15.2 Å². The van der Waals surface area contributed by atoms with E-state index in [1.807, 2.05) is 0 Å². The van der Waals surface area contributed by atoms with Crippen LogP contribution in [0.1, 0.15) is 54.0 Å². The van der Waals surface area contributed by atoms with Crippen molar-refractivity contribution >= 4 is 23.7 Å². The SMILES string of the molecule is CC(N)=Nc1cccc(CN(C(=O)OC(C)(C)C)C(=O)OC(C)(C)C)c1. The standard InChI is InChI=1S/C19H29N3O4/c1-13(20)21-15-10-8-9-14(11-15)12-22(16(23)25-18(2,3)4)17(24)26-19(5,6)7/h8-11H,12H2,1-7H3,(H2,20,21).